The normalized spacial score (nSPS) is 14.1. The zero-order valence-electron chi connectivity index (χ0n) is 17.0. The van der Waals surface area contributed by atoms with Crippen LogP contribution < -0.4 is 10.6 Å². The minimum Gasteiger partial charge on any atom is -0.352 e. The van der Waals surface area contributed by atoms with Gasteiger partial charge >= 0.3 is 0 Å². The number of rotatable bonds is 7. The molecule has 0 aliphatic carbocycles. The topological polar surface area (TPSA) is 62.2 Å². The van der Waals surface area contributed by atoms with E-state index in [-0.39, 0.29) is 18.3 Å². The monoisotopic (exact) mass is 425 g/mol. The first-order valence-electron chi connectivity index (χ1n) is 10.2. The molecule has 30 heavy (non-hydrogen) atoms. The lowest BCUT2D eigenvalue weighted by Gasteiger charge is -2.27. The number of para-hydroxylation sites is 1. The number of hydrogen-bond acceptors (Lipinski definition) is 4. The maximum Gasteiger partial charge on any atom is 0.255 e. The van der Waals surface area contributed by atoms with Crippen LogP contribution in [0.1, 0.15) is 16.8 Å². The lowest BCUT2D eigenvalue weighted by Crippen LogP contribution is -2.44. The number of halogens is 1. The van der Waals surface area contributed by atoms with Crippen molar-refractivity contribution in [3.05, 3.63) is 72.4 Å². The summed E-state index contributed by atoms with van der Waals surface area (Å²) >= 11 is 0. The highest BCUT2D eigenvalue weighted by Gasteiger charge is 2.18. The van der Waals surface area contributed by atoms with Gasteiger partial charge in [-0.15, -0.1) is 12.4 Å². The summed E-state index contributed by atoms with van der Waals surface area (Å²) in [6, 6.07) is 19.7. The van der Waals surface area contributed by atoms with Gasteiger partial charge in [0, 0.05) is 44.5 Å². The Balaban J connectivity index is 0.00000256. The van der Waals surface area contributed by atoms with Gasteiger partial charge in [0.05, 0.1) is 11.3 Å². The molecule has 3 aromatic rings. The average Bonchev–Trinajstić information content (AvgIpc) is 3.24. The predicted molar refractivity (Wildman–Crippen MR) is 123 cm³/mol. The average molecular weight is 426 g/mol. The summed E-state index contributed by atoms with van der Waals surface area (Å²) in [6.45, 7) is 5.92. The first kappa shape index (κ1) is 22.0. The molecule has 1 aromatic heterocycles. The quantitative estimate of drug-likeness (QED) is 0.571. The van der Waals surface area contributed by atoms with Gasteiger partial charge in [-0.3, -0.25) is 4.79 Å². The molecule has 0 radical (unpaired) electrons. The van der Waals surface area contributed by atoms with Crippen LogP contribution in [0, 0.1) is 0 Å². The van der Waals surface area contributed by atoms with Crippen molar-refractivity contribution in [3.8, 4) is 16.9 Å². The van der Waals surface area contributed by atoms with E-state index in [1.54, 1.807) is 4.68 Å². The Morgan fingerprint density at radius 2 is 1.67 bits per heavy atom. The third-order valence-corrected chi connectivity index (χ3v) is 5.17. The minimum absolute atomic E-state index is 0. The van der Waals surface area contributed by atoms with Crippen molar-refractivity contribution in [3.63, 3.8) is 0 Å². The second kappa shape index (κ2) is 10.9. The first-order valence-corrected chi connectivity index (χ1v) is 10.2. The molecule has 0 saturated carbocycles. The Kier molecular flexibility index (Phi) is 8.02. The molecule has 4 rings (SSSR count). The largest absolute Gasteiger partial charge is 0.352 e. The molecular weight excluding hydrogens is 398 g/mol. The smallest absolute Gasteiger partial charge is 0.255 e. The van der Waals surface area contributed by atoms with Gasteiger partial charge in [0.25, 0.3) is 5.91 Å². The van der Waals surface area contributed by atoms with E-state index in [2.05, 4.69) is 15.5 Å². The third kappa shape index (κ3) is 5.48. The number of hydrogen-bond donors (Lipinski definition) is 2. The SMILES string of the molecule is Cl.O=C(NCCCN1CCNCC1)c1cn(-c2ccccc2)nc1-c1ccccc1. The van der Waals surface area contributed by atoms with Crippen LogP contribution in [0.4, 0.5) is 0 Å². The highest BCUT2D eigenvalue weighted by atomic mass is 35.5. The fourth-order valence-electron chi connectivity index (χ4n) is 3.60. The molecule has 0 bridgehead atoms. The van der Waals surface area contributed by atoms with Gasteiger partial charge < -0.3 is 15.5 Å². The lowest BCUT2D eigenvalue weighted by atomic mass is 10.1. The molecule has 6 nitrogen and oxygen atoms in total. The highest BCUT2D eigenvalue weighted by molar-refractivity contribution is 5.99. The van der Waals surface area contributed by atoms with Crippen LogP contribution in [-0.4, -0.2) is 59.9 Å². The summed E-state index contributed by atoms with van der Waals surface area (Å²) in [5, 5.41) is 11.2. The number of nitrogens with one attached hydrogen (secondary N) is 2. The number of aromatic nitrogens is 2. The zero-order chi connectivity index (χ0) is 19.9. The Morgan fingerprint density at radius 3 is 2.37 bits per heavy atom. The van der Waals surface area contributed by atoms with Gasteiger partial charge in [0.2, 0.25) is 0 Å². The van der Waals surface area contributed by atoms with Crippen LogP contribution in [0.15, 0.2) is 66.9 Å². The van der Waals surface area contributed by atoms with Crippen molar-refractivity contribution in [2.24, 2.45) is 0 Å². The van der Waals surface area contributed by atoms with Gasteiger partial charge in [0.15, 0.2) is 0 Å². The van der Waals surface area contributed by atoms with Crippen LogP contribution >= 0.6 is 12.4 Å². The molecule has 1 saturated heterocycles. The number of carbonyl (C=O) groups excluding carboxylic acids is 1. The number of piperazine rings is 1. The van der Waals surface area contributed by atoms with Crippen LogP contribution in [0.2, 0.25) is 0 Å². The second-order valence-electron chi connectivity index (χ2n) is 7.24. The molecule has 0 spiro atoms. The van der Waals surface area contributed by atoms with Gasteiger partial charge in [-0.1, -0.05) is 48.5 Å². The summed E-state index contributed by atoms with van der Waals surface area (Å²) in [5.41, 5.74) is 3.17. The van der Waals surface area contributed by atoms with E-state index in [0.717, 1.165) is 50.4 Å². The maximum absolute atomic E-state index is 12.9. The second-order valence-corrected chi connectivity index (χ2v) is 7.24. The summed E-state index contributed by atoms with van der Waals surface area (Å²) in [7, 11) is 0. The molecule has 1 aliphatic rings. The summed E-state index contributed by atoms with van der Waals surface area (Å²) < 4.78 is 1.78. The summed E-state index contributed by atoms with van der Waals surface area (Å²) in [5.74, 6) is -0.0775. The van der Waals surface area contributed by atoms with Crippen molar-refractivity contribution < 1.29 is 4.79 Å². The molecule has 0 atom stereocenters. The molecule has 2 aromatic carbocycles. The van der Waals surface area contributed by atoms with Gasteiger partial charge in [-0.2, -0.15) is 5.10 Å². The van der Waals surface area contributed by atoms with Crippen molar-refractivity contribution in [1.29, 1.82) is 0 Å². The van der Waals surface area contributed by atoms with Crippen LogP contribution in [-0.2, 0) is 0 Å². The van der Waals surface area contributed by atoms with E-state index in [1.807, 2.05) is 66.9 Å². The first-order chi connectivity index (χ1) is 14.3. The van der Waals surface area contributed by atoms with Crippen molar-refractivity contribution in [2.75, 3.05) is 39.3 Å². The fraction of sp³-hybridized carbons (Fsp3) is 0.304. The lowest BCUT2D eigenvalue weighted by molar-refractivity contribution is 0.0952. The van der Waals surface area contributed by atoms with E-state index >= 15 is 0 Å². The predicted octanol–water partition coefficient (Wildman–Crippen LogP) is 2.99. The van der Waals surface area contributed by atoms with Gasteiger partial charge in [-0.05, 0) is 25.1 Å². The van der Waals surface area contributed by atoms with E-state index in [4.69, 9.17) is 5.10 Å². The van der Waals surface area contributed by atoms with Crippen molar-refractivity contribution in [1.82, 2.24) is 25.3 Å². The molecular formula is C23H28ClN5O. The molecule has 1 fully saturated rings. The van der Waals surface area contributed by atoms with E-state index in [1.165, 1.54) is 0 Å². The Labute approximate surface area is 183 Å². The third-order valence-electron chi connectivity index (χ3n) is 5.17. The zero-order valence-corrected chi connectivity index (χ0v) is 17.8. The maximum atomic E-state index is 12.9. The fourth-order valence-corrected chi connectivity index (χ4v) is 3.60. The highest BCUT2D eigenvalue weighted by Crippen LogP contribution is 2.23. The van der Waals surface area contributed by atoms with Crippen molar-refractivity contribution >= 4 is 18.3 Å². The Bertz CT molecular complexity index is 923. The number of carbonyl (C=O) groups is 1. The molecule has 0 unspecified atom stereocenters. The van der Waals surface area contributed by atoms with Crippen LogP contribution in [0.3, 0.4) is 0 Å². The van der Waals surface area contributed by atoms with Gasteiger partial charge in [-0.25, -0.2) is 4.68 Å². The number of nitrogens with zero attached hydrogens (tertiary/aromatic N) is 3. The van der Waals surface area contributed by atoms with E-state index in [0.29, 0.717) is 17.8 Å². The van der Waals surface area contributed by atoms with E-state index in [9.17, 15) is 4.79 Å². The molecule has 1 amide bonds. The molecule has 1 aliphatic heterocycles. The Hall–Kier alpha value is -2.67. The molecule has 2 N–H and O–H groups in total. The molecule has 7 heteroatoms. The molecule has 2 heterocycles. The van der Waals surface area contributed by atoms with Crippen LogP contribution in [0.5, 0.6) is 0 Å². The number of benzene rings is 2. The molecule has 158 valence electrons. The summed E-state index contributed by atoms with van der Waals surface area (Å²) in [6.07, 6.45) is 2.77. The standard InChI is InChI=1S/C23H27N5O.ClH/c29-23(25-12-7-15-27-16-13-24-14-17-27)21-18-28(20-10-5-2-6-11-20)26-22(21)19-8-3-1-4-9-19;/h1-6,8-11,18,24H,7,12-17H2,(H,25,29);1H. The number of amides is 1. The Morgan fingerprint density at radius 1 is 1.00 bits per heavy atom. The van der Waals surface area contributed by atoms with Crippen LogP contribution in [0.25, 0.3) is 16.9 Å². The van der Waals surface area contributed by atoms with E-state index < -0.39 is 0 Å². The van der Waals surface area contributed by atoms with Crippen molar-refractivity contribution in [2.45, 2.75) is 6.42 Å². The van der Waals surface area contributed by atoms with Gasteiger partial charge in [0.1, 0.15) is 5.69 Å². The summed E-state index contributed by atoms with van der Waals surface area (Å²) in [4.78, 5) is 15.4. The minimum atomic E-state index is -0.0775.